The normalized spacial score (nSPS) is 17.1. The average molecular weight is 397 g/mol. The smallest absolute Gasteiger partial charge is 0.348 e. The highest BCUT2D eigenvalue weighted by Crippen LogP contribution is 2.34. The van der Waals surface area contributed by atoms with Gasteiger partial charge in [0.15, 0.2) is 0 Å². The third-order valence-electron chi connectivity index (χ3n) is 3.52. The highest BCUT2D eigenvalue weighted by molar-refractivity contribution is 9.11. The lowest BCUT2D eigenvalue weighted by atomic mass is 10.1. The predicted octanol–water partition coefficient (Wildman–Crippen LogP) is 1.67. The van der Waals surface area contributed by atoms with Gasteiger partial charge in [-0.25, -0.2) is 13.2 Å². The van der Waals surface area contributed by atoms with Gasteiger partial charge in [0.2, 0.25) is 10.0 Å². The highest BCUT2D eigenvalue weighted by atomic mass is 79.9. The number of ether oxygens (including phenoxy) is 1. The third kappa shape index (κ3) is 3.48. The number of carbonyl (C=O) groups is 1. The summed E-state index contributed by atoms with van der Waals surface area (Å²) in [6.07, 6.45) is 1.56. The molecule has 1 saturated heterocycles. The Morgan fingerprint density at radius 2 is 2.10 bits per heavy atom. The van der Waals surface area contributed by atoms with Crippen LogP contribution in [0.4, 0.5) is 0 Å². The molecule has 1 aromatic rings. The molecule has 0 unspecified atom stereocenters. The minimum Gasteiger partial charge on any atom is -0.465 e. The van der Waals surface area contributed by atoms with E-state index in [1.165, 1.54) is 17.5 Å². The van der Waals surface area contributed by atoms with Gasteiger partial charge < -0.3 is 10.1 Å². The van der Waals surface area contributed by atoms with E-state index >= 15 is 0 Å². The van der Waals surface area contributed by atoms with E-state index in [9.17, 15) is 13.2 Å². The van der Waals surface area contributed by atoms with Gasteiger partial charge in [0.25, 0.3) is 0 Å². The zero-order valence-electron chi connectivity index (χ0n) is 11.8. The monoisotopic (exact) mass is 396 g/mol. The van der Waals surface area contributed by atoms with Crippen LogP contribution in [0.25, 0.3) is 0 Å². The van der Waals surface area contributed by atoms with Crippen molar-refractivity contribution >= 4 is 43.3 Å². The molecule has 6 nitrogen and oxygen atoms in total. The first kappa shape index (κ1) is 16.9. The average Bonchev–Trinajstić information content (AvgIpc) is 2.89. The molecule has 1 aromatic heterocycles. The van der Waals surface area contributed by atoms with Crippen molar-refractivity contribution in [2.24, 2.45) is 0 Å². The fourth-order valence-corrected chi connectivity index (χ4v) is 6.10. The number of esters is 1. The van der Waals surface area contributed by atoms with Gasteiger partial charge in [-0.05, 0) is 47.9 Å². The summed E-state index contributed by atoms with van der Waals surface area (Å²) in [5, 5.41) is 3.21. The molecule has 1 fully saturated rings. The number of sulfonamides is 1. The largest absolute Gasteiger partial charge is 0.465 e. The van der Waals surface area contributed by atoms with Gasteiger partial charge in [0.05, 0.1) is 10.9 Å². The third-order valence-corrected chi connectivity index (χ3v) is 7.66. The maximum absolute atomic E-state index is 12.7. The minimum atomic E-state index is -3.63. The second kappa shape index (κ2) is 6.74. The molecule has 0 saturated carbocycles. The number of nitrogens with one attached hydrogen (secondary N) is 1. The number of halogens is 1. The van der Waals surface area contributed by atoms with Crippen LogP contribution in [0.2, 0.25) is 0 Å². The molecule has 1 N–H and O–H groups in total. The molecule has 0 aromatic carbocycles. The molecule has 118 valence electrons. The van der Waals surface area contributed by atoms with Gasteiger partial charge in [-0.1, -0.05) is 0 Å². The Hall–Kier alpha value is -0.480. The Morgan fingerprint density at radius 3 is 2.67 bits per heavy atom. The van der Waals surface area contributed by atoms with E-state index in [4.69, 9.17) is 0 Å². The van der Waals surface area contributed by atoms with Crippen molar-refractivity contribution in [3.8, 4) is 0 Å². The van der Waals surface area contributed by atoms with Crippen LogP contribution < -0.4 is 5.32 Å². The first-order valence-corrected chi connectivity index (χ1v) is 9.49. The zero-order valence-corrected chi connectivity index (χ0v) is 15.0. The summed E-state index contributed by atoms with van der Waals surface area (Å²) in [4.78, 5) is 11.9. The quantitative estimate of drug-likeness (QED) is 0.783. The molecular formula is C12H17BrN2O4S2. The summed E-state index contributed by atoms with van der Waals surface area (Å²) in [5.74, 6) is -0.535. The van der Waals surface area contributed by atoms with Crippen LogP contribution in [0.15, 0.2) is 14.7 Å². The van der Waals surface area contributed by atoms with Crippen LogP contribution in [0.1, 0.15) is 22.5 Å². The number of hydrogen-bond donors (Lipinski definition) is 1. The van der Waals surface area contributed by atoms with E-state index < -0.39 is 16.0 Å². The Kier molecular flexibility index (Phi) is 5.42. The van der Waals surface area contributed by atoms with Crippen LogP contribution in [-0.2, 0) is 14.8 Å². The molecule has 2 rings (SSSR count). The van der Waals surface area contributed by atoms with Crippen molar-refractivity contribution in [2.45, 2.75) is 23.8 Å². The summed E-state index contributed by atoms with van der Waals surface area (Å²) in [6, 6.07) is 1.35. The standard InChI is InChI=1S/C12H17BrN2O4S2/c1-15(8-3-5-14-6-4-8)21(17,18)10-7-9(12(16)19-2)20-11(10)13/h7-8,14H,3-6H2,1-2H3. The van der Waals surface area contributed by atoms with Crippen LogP contribution in [0.5, 0.6) is 0 Å². The molecular weight excluding hydrogens is 380 g/mol. The molecule has 1 aliphatic rings. The van der Waals surface area contributed by atoms with Crippen LogP contribution in [-0.4, -0.2) is 52.0 Å². The van der Waals surface area contributed by atoms with Crippen molar-refractivity contribution in [3.63, 3.8) is 0 Å². The number of rotatable bonds is 4. The molecule has 0 amide bonds. The number of hydrogen-bond acceptors (Lipinski definition) is 6. The first-order valence-electron chi connectivity index (χ1n) is 6.44. The zero-order chi connectivity index (χ0) is 15.6. The molecule has 0 atom stereocenters. The summed E-state index contributed by atoms with van der Waals surface area (Å²) >= 11 is 4.30. The lowest BCUT2D eigenvalue weighted by Crippen LogP contribution is -2.43. The number of thiophene rings is 1. The lowest BCUT2D eigenvalue weighted by Gasteiger charge is -2.30. The van der Waals surface area contributed by atoms with E-state index in [-0.39, 0.29) is 15.8 Å². The van der Waals surface area contributed by atoms with Crippen molar-refractivity contribution in [1.29, 1.82) is 0 Å². The van der Waals surface area contributed by atoms with Gasteiger partial charge in [-0.2, -0.15) is 4.31 Å². The van der Waals surface area contributed by atoms with Crippen molar-refractivity contribution in [1.82, 2.24) is 9.62 Å². The van der Waals surface area contributed by atoms with E-state index in [1.54, 1.807) is 7.05 Å². The van der Waals surface area contributed by atoms with Crippen molar-refractivity contribution in [2.75, 3.05) is 27.2 Å². The number of nitrogens with zero attached hydrogens (tertiary/aromatic N) is 1. The Labute approximate surface area is 136 Å². The predicted molar refractivity (Wildman–Crippen MR) is 84.2 cm³/mol. The maximum atomic E-state index is 12.7. The van der Waals surface area contributed by atoms with E-state index in [2.05, 4.69) is 26.0 Å². The fourth-order valence-electron chi connectivity index (χ4n) is 2.25. The second-order valence-corrected chi connectivity index (χ2v) is 9.08. The summed E-state index contributed by atoms with van der Waals surface area (Å²) < 4.78 is 31.9. The lowest BCUT2D eigenvalue weighted by molar-refractivity contribution is 0.0606. The fraction of sp³-hybridized carbons (Fsp3) is 0.583. The summed E-state index contributed by atoms with van der Waals surface area (Å²) in [6.45, 7) is 1.62. The van der Waals surface area contributed by atoms with Gasteiger partial charge in [0.1, 0.15) is 9.77 Å². The van der Waals surface area contributed by atoms with Crippen molar-refractivity contribution in [3.05, 3.63) is 14.7 Å². The maximum Gasteiger partial charge on any atom is 0.348 e. The van der Waals surface area contributed by atoms with E-state index in [0.29, 0.717) is 3.79 Å². The van der Waals surface area contributed by atoms with Gasteiger partial charge in [0, 0.05) is 13.1 Å². The summed E-state index contributed by atoms with van der Waals surface area (Å²) in [5.41, 5.74) is 0. The molecule has 2 heterocycles. The molecule has 0 spiro atoms. The van der Waals surface area contributed by atoms with Gasteiger partial charge >= 0.3 is 5.97 Å². The number of piperidine rings is 1. The number of methoxy groups -OCH3 is 1. The van der Waals surface area contributed by atoms with Gasteiger partial charge in [-0.3, -0.25) is 0 Å². The second-order valence-electron chi connectivity index (χ2n) is 4.74. The Bertz CT molecular complexity index is 623. The summed E-state index contributed by atoms with van der Waals surface area (Å²) in [7, 11) is -0.769. The van der Waals surface area contributed by atoms with E-state index in [0.717, 1.165) is 37.3 Å². The van der Waals surface area contributed by atoms with Crippen molar-refractivity contribution < 1.29 is 17.9 Å². The van der Waals surface area contributed by atoms with Gasteiger partial charge in [-0.15, -0.1) is 11.3 Å². The molecule has 0 aliphatic carbocycles. The van der Waals surface area contributed by atoms with Crippen LogP contribution >= 0.6 is 27.3 Å². The Balaban J connectivity index is 2.30. The molecule has 9 heteroatoms. The molecule has 1 aliphatic heterocycles. The van der Waals surface area contributed by atoms with Crippen LogP contribution in [0, 0.1) is 0 Å². The SMILES string of the molecule is COC(=O)c1cc(S(=O)(=O)N(C)C2CCNCC2)c(Br)s1. The molecule has 0 radical (unpaired) electrons. The van der Waals surface area contributed by atoms with Crippen LogP contribution in [0.3, 0.4) is 0 Å². The topological polar surface area (TPSA) is 75.7 Å². The van der Waals surface area contributed by atoms with E-state index in [1.807, 2.05) is 0 Å². The highest BCUT2D eigenvalue weighted by Gasteiger charge is 2.32. The Morgan fingerprint density at radius 1 is 1.48 bits per heavy atom. The first-order chi connectivity index (χ1) is 9.87. The minimum absolute atomic E-state index is 0.0235. The number of carbonyl (C=O) groups excluding carboxylic acids is 1. The molecule has 21 heavy (non-hydrogen) atoms. The molecule has 0 bridgehead atoms.